The van der Waals surface area contributed by atoms with Crippen molar-refractivity contribution in [3.63, 3.8) is 0 Å². The van der Waals surface area contributed by atoms with Crippen LogP contribution in [0.15, 0.2) is 24.3 Å². The SMILES string of the molecule is C=CNC(NC)=C(N)C(=N)Cl. The highest BCUT2D eigenvalue weighted by atomic mass is 35.5. The second-order valence-electron chi connectivity index (χ2n) is 1.70. The molecule has 4 nitrogen and oxygen atoms in total. The molecule has 0 unspecified atom stereocenters. The van der Waals surface area contributed by atoms with Crippen LogP contribution in [0.3, 0.4) is 0 Å². The van der Waals surface area contributed by atoms with Crippen molar-refractivity contribution in [3.8, 4) is 0 Å². The van der Waals surface area contributed by atoms with E-state index >= 15 is 0 Å². The van der Waals surface area contributed by atoms with E-state index in [0.717, 1.165) is 0 Å². The predicted octanol–water partition coefficient (Wildman–Crippen LogP) is 0.283. The summed E-state index contributed by atoms with van der Waals surface area (Å²) in [7, 11) is 1.67. The molecule has 0 bridgehead atoms. The van der Waals surface area contributed by atoms with Gasteiger partial charge in [0, 0.05) is 7.05 Å². The Bertz CT molecular complexity index is 197. The maximum Gasteiger partial charge on any atom is 0.147 e. The van der Waals surface area contributed by atoms with Gasteiger partial charge in [-0.3, -0.25) is 5.41 Å². The van der Waals surface area contributed by atoms with Crippen molar-refractivity contribution in [2.45, 2.75) is 0 Å². The standard InChI is InChI=1S/C6H11ClN4/c1-3-11-6(10-2)4(8)5(7)9/h3,9-11H,1,8H2,2H3. The van der Waals surface area contributed by atoms with Crippen molar-refractivity contribution in [3.05, 3.63) is 24.3 Å². The Morgan fingerprint density at radius 1 is 1.73 bits per heavy atom. The monoisotopic (exact) mass is 174 g/mol. The molecule has 0 radical (unpaired) electrons. The lowest BCUT2D eigenvalue weighted by Gasteiger charge is -2.08. The molecule has 0 rings (SSSR count). The first kappa shape index (κ1) is 9.84. The molecule has 5 heteroatoms. The van der Waals surface area contributed by atoms with Crippen molar-refractivity contribution in [1.29, 1.82) is 5.41 Å². The van der Waals surface area contributed by atoms with Crippen molar-refractivity contribution < 1.29 is 0 Å². The molecule has 0 spiro atoms. The second-order valence-corrected chi connectivity index (χ2v) is 2.08. The van der Waals surface area contributed by atoms with E-state index in [1.54, 1.807) is 7.05 Å². The molecule has 0 heterocycles. The maximum atomic E-state index is 6.98. The van der Waals surface area contributed by atoms with Crippen LogP contribution in [0.25, 0.3) is 0 Å². The largest absolute Gasteiger partial charge is 0.393 e. The predicted molar refractivity (Wildman–Crippen MR) is 47.2 cm³/mol. The average molecular weight is 175 g/mol. The number of hydrogen-bond acceptors (Lipinski definition) is 4. The molecule has 0 amide bonds. The number of halogens is 1. The van der Waals surface area contributed by atoms with Crippen LogP contribution in [0.2, 0.25) is 0 Å². The minimum atomic E-state index is -0.205. The van der Waals surface area contributed by atoms with Gasteiger partial charge in [0.05, 0.1) is 0 Å². The van der Waals surface area contributed by atoms with Gasteiger partial charge in [-0.15, -0.1) is 0 Å². The zero-order chi connectivity index (χ0) is 8.85. The highest BCUT2D eigenvalue weighted by Gasteiger charge is 2.02. The molecule has 0 aromatic rings. The highest BCUT2D eigenvalue weighted by Crippen LogP contribution is 1.95. The summed E-state index contributed by atoms with van der Waals surface area (Å²) in [6.07, 6.45) is 1.44. The second kappa shape index (κ2) is 4.62. The van der Waals surface area contributed by atoms with E-state index in [4.69, 9.17) is 22.7 Å². The van der Waals surface area contributed by atoms with E-state index in [-0.39, 0.29) is 10.9 Å². The molecule has 0 saturated heterocycles. The minimum absolute atomic E-state index is 0.161. The lowest BCUT2D eigenvalue weighted by atomic mass is 10.4. The molecule has 0 aromatic heterocycles. The molecule has 0 aromatic carbocycles. The molecule has 0 aliphatic heterocycles. The lowest BCUT2D eigenvalue weighted by molar-refractivity contribution is 0.855. The zero-order valence-corrected chi connectivity index (χ0v) is 7.00. The van der Waals surface area contributed by atoms with E-state index in [9.17, 15) is 0 Å². The Morgan fingerprint density at radius 3 is 2.55 bits per heavy atom. The van der Waals surface area contributed by atoms with E-state index < -0.39 is 0 Å². The molecule has 0 atom stereocenters. The Labute approximate surface area is 70.6 Å². The van der Waals surface area contributed by atoms with Gasteiger partial charge in [-0.05, 0) is 6.20 Å². The molecule has 0 saturated carbocycles. The topological polar surface area (TPSA) is 73.9 Å². The van der Waals surface area contributed by atoms with Crippen LogP contribution in [0.1, 0.15) is 0 Å². The summed E-state index contributed by atoms with van der Waals surface area (Å²) in [5.41, 5.74) is 5.57. The summed E-state index contributed by atoms with van der Waals surface area (Å²) in [6, 6.07) is 0. The Morgan fingerprint density at radius 2 is 2.27 bits per heavy atom. The quantitative estimate of drug-likeness (QED) is 0.463. The van der Waals surface area contributed by atoms with E-state index in [1.165, 1.54) is 6.20 Å². The van der Waals surface area contributed by atoms with Crippen LogP contribution >= 0.6 is 11.6 Å². The number of nitrogens with one attached hydrogen (secondary N) is 3. The third-order valence-corrected chi connectivity index (χ3v) is 1.21. The van der Waals surface area contributed by atoms with Crippen molar-refractivity contribution in [1.82, 2.24) is 10.6 Å². The van der Waals surface area contributed by atoms with E-state index in [0.29, 0.717) is 5.82 Å². The molecule has 0 aliphatic rings. The van der Waals surface area contributed by atoms with Gasteiger partial charge >= 0.3 is 0 Å². The van der Waals surface area contributed by atoms with Gasteiger partial charge in [-0.1, -0.05) is 18.2 Å². The molecule has 0 aliphatic carbocycles. The van der Waals surface area contributed by atoms with Crippen molar-refractivity contribution in [2.75, 3.05) is 7.05 Å². The molecule has 62 valence electrons. The summed E-state index contributed by atoms with van der Waals surface area (Å²) in [5, 5.41) is 12.2. The summed E-state index contributed by atoms with van der Waals surface area (Å²) in [4.78, 5) is 0. The van der Waals surface area contributed by atoms with E-state index in [2.05, 4.69) is 17.2 Å². The Kier molecular flexibility index (Phi) is 4.14. The van der Waals surface area contributed by atoms with Gasteiger partial charge in [0.25, 0.3) is 0 Å². The first-order chi connectivity index (χ1) is 5.13. The van der Waals surface area contributed by atoms with Gasteiger partial charge < -0.3 is 16.4 Å². The van der Waals surface area contributed by atoms with Crippen LogP contribution in [-0.4, -0.2) is 12.2 Å². The van der Waals surface area contributed by atoms with Crippen LogP contribution in [-0.2, 0) is 0 Å². The Balaban J connectivity index is 4.52. The van der Waals surface area contributed by atoms with Crippen molar-refractivity contribution >= 4 is 16.8 Å². The molecule has 0 fully saturated rings. The third kappa shape index (κ3) is 2.95. The first-order valence-corrected chi connectivity index (χ1v) is 3.30. The summed E-state index contributed by atoms with van der Waals surface area (Å²) >= 11 is 5.32. The normalized spacial score (nSPS) is 11.5. The van der Waals surface area contributed by atoms with Gasteiger partial charge in [0.15, 0.2) is 0 Å². The Hall–Kier alpha value is -1.16. The smallest absolute Gasteiger partial charge is 0.147 e. The minimum Gasteiger partial charge on any atom is -0.393 e. The van der Waals surface area contributed by atoms with Gasteiger partial charge in [-0.2, -0.15) is 0 Å². The van der Waals surface area contributed by atoms with Gasteiger partial charge in [0.2, 0.25) is 0 Å². The summed E-state index contributed by atoms with van der Waals surface area (Å²) in [5.74, 6) is 0.472. The van der Waals surface area contributed by atoms with Gasteiger partial charge in [-0.25, -0.2) is 0 Å². The number of allylic oxidation sites excluding steroid dienone is 1. The summed E-state index contributed by atoms with van der Waals surface area (Å²) in [6.45, 7) is 3.44. The maximum absolute atomic E-state index is 6.98. The number of rotatable bonds is 4. The van der Waals surface area contributed by atoms with Crippen LogP contribution < -0.4 is 16.4 Å². The first-order valence-electron chi connectivity index (χ1n) is 2.92. The zero-order valence-electron chi connectivity index (χ0n) is 6.24. The average Bonchev–Trinajstić information content (AvgIpc) is 1.98. The molecular weight excluding hydrogens is 164 g/mol. The number of nitrogens with two attached hydrogens (primary N) is 1. The van der Waals surface area contributed by atoms with Crippen LogP contribution in [0.4, 0.5) is 0 Å². The molecule has 11 heavy (non-hydrogen) atoms. The third-order valence-electron chi connectivity index (χ3n) is 1.00. The number of hydrogen-bond donors (Lipinski definition) is 4. The fraction of sp³-hybridized carbons (Fsp3) is 0.167. The van der Waals surface area contributed by atoms with Crippen molar-refractivity contribution in [2.24, 2.45) is 5.73 Å². The van der Waals surface area contributed by atoms with E-state index in [1.807, 2.05) is 0 Å². The molecular formula is C6H11ClN4. The fourth-order valence-corrected chi connectivity index (χ4v) is 0.591. The molecule has 5 N–H and O–H groups in total. The van der Waals surface area contributed by atoms with Crippen LogP contribution in [0, 0.1) is 5.41 Å². The lowest BCUT2D eigenvalue weighted by Crippen LogP contribution is -2.26. The fourth-order valence-electron chi connectivity index (χ4n) is 0.496. The van der Waals surface area contributed by atoms with Gasteiger partial charge in [0.1, 0.15) is 16.7 Å². The highest BCUT2D eigenvalue weighted by molar-refractivity contribution is 6.68. The summed E-state index contributed by atoms with van der Waals surface area (Å²) < 4.78 is 0. The van der Waals surface area contributed by atoms with Crippen LogP contribution in [0.5, 0.6) is 0 Å².